The van der Waals surface area contributed by atoms with Crippen molar-refractivity contribution < 1.29 is 5.11 Å². The lowest BCUT2D eigenvalue weighted by molar-refractivity contribution is 0.161. The topological polar surface area (TPSA) is 20.2 Å². The van der Waals surface area contributed by atoms with Gasteiger partial charge in [-0.15, -0.1) is 0 Å². The third-order valence-electron chi connectivity index (χ3n) is 5.88. The molecule has 0 fully saturated rings. The summed E-state index contributed by atoms with van der Waals surface area (Å²) in [7, 11) is 0. The van der Waals surface area contributed by atoms with Crippen LogP contribution >= 0.6 is 0 Å². The Kier molecular flexibility index (Phi) is 6.27. The molecule has 29 heavy (non-hydrogen) atoms. The van der Waals surface area contributed by atoms with Gasteiger partial charge in [0.15, 0.2) is 0 Å². The summed E-state index contributed by atoms with van der Waals surface area (Å²) in [6.07, 6.45) is 6.24. The van der Waals surface area contributed by atoms with Gasteiger partial charge in [0, 0.05) is 0 Å². The third kappa shape index (κ3) is 4.52. The van der Waals surface area contributed by atoms with Crippen LogP contribution in [0.4, 0.5) is 0 Å². The Hall–Kier alpha value is -2.64. The van der Waals surface area contributed by atoms with Crippen LogP contribution in [0.1, 0.15) is 44.6 Å². The molecule has 4 aromatic rings. The van der Waals surface area contributed by atoms with Gasteiger partial charge >= 0.3 is 0 Å². The standard InChI is InChI=1S/C28H30O/c1-2-3-4-5-12-25(29)19-21-15-17-22(18-16-21)28-26-13-8-6-10-23(26)20-24-11-7-9-14-27(24)28/h6-11,13-18,20,25,29H,2-5,12,19H2,1H3. The average molecular weight is 383 g/mol. The van der Waals surface area contributed by atoms with Crippen LogP contribution in [-0.2, 0) is 6.42 Å². The fourth-order valence-corrected chi connectivity index (χ4v) is 4.31. The van der Waals surface area contributed by atoms with Gasteiger partial charge < -0.3 is 5.11 Å². The van der Waals surface area contributed by atoms with Crippen molar-refractivity contribution in [3.63, 3.8) is 0 Å². The second-order valence-corrected chi connectivity index (χ2v) is 8.10. The highest BCUT2D eigenvalue weighted by atomic mass is 16.3. The number of hydrogen-bond acceptors (Lipinski definition) is 1. The van der Waals surface area contributed by atoms with Gasteiger partial charge in [-0.2, -0.15) is 0 Å². The quantitative estimate of drug-likeness (QED) is 0.246. The summed E-state index contributed by atoms with van der Waals surface area (Å²) in [6.45, 7) is 2.22. The molecule has 0 aliphatic carbocycles. The van der Waals surface area contributed by atoms with Crippen molar-refractivity contribution >= 4 is 21.5 Å². The molecule has 1 heteroatoms. The number of hydrogen-bond donors (Lipinski definition) is 1. The third-order valence-corrected chi connectivity index (χ3v) is 5.88. The summed E-state index contributed by atoms with van der Waals surface area (Å²) >= 11 is 0. The van der Waals surface area contributed by atoms with Crippen LogP contribution in [-0.4, -0.2) is 11.2 Å². The fraction of sp³-hybridized carbons (Fsp3) is 0.286. The summed E-state index contributed by atoms with van der Waals surface area (Å²) in [5.74, 6) is 0. The van der Waals surface area contributed by atoms with Crippen molar-refractivity contribution in [3.8, 4) is 11.1 Å². The zero-order valence-electron chi connectivity index (χ0n) is 17.3. The highest BCUT2D eigenvalue weighted by molar-refractivity contribution is 6.12. The van der Waals surface area contributed by atoms with E-state index in [1.54, 1.807) is 0 Å². The number of benzene rings is 4. The van der Waals surface area contributed by atoms with Crippen molar-refractivity contribution in [1.29, 1.82) is 0 Å². The Labute approximate surface area is 174 Å². The predicted octanol–water partition coefficient (Wildman–Crippen LogP) is 7.53. The van der Waals surface area contributed by atoms with Crippen LogP contribution in [0.3, 0.4) is 0 Å². The second-order valence-electron chi connectivity index (χ2n) is 8.10. The first-order valence-corrected chi connectivity index (χ1v) is 10.9. The van der Waals surface area contributed by atoms with E-state index in [9.17, 15) is 5.11 Å². The van der Waals surface area contributed by atoms with Gasteiger partial charge in [0.1, 0.15) is 0 Å². The largest absolute Gasteiger partial charge is 0.393 e. The fourth-order valence-electron chi connectivity index (χ4n) is 4.31. The van der Waals surface area contributed by atoms with E-state index in [2.05, 4.69) is 85.8 Å². The minimum absolute atomic E-state index is 0.240. The molecule has 148 valence electrons. The summed E-state index contributed by atoms with van der Waals surface area (Å²) in [4.78, 5) is 0. The molecule has 0 aliphatic heterocycles. The van der Waals surface area contributed by atoms with E-state index in [0.29, 0.717) is 0 Å². The zero-order valence-corrected chi connectivity index (χ0v) is 17.3. The van der Waals surface area contributed by atoms with Crippen molar-refractivity contribution in [2.24, 2.45) is 0 Å². The lowest BCUT2D eigenvalue weighted by Gasteiger charge is -2.14. The second kappa shape index (κ2) is 9.24. The molecular weight excluding hydrogens is 352 g/mol. The number of aliphatic hydroxyl groups excluding tert-OH is 1. The SMILES string of the molecule is CCCCCCC(O)Cc1ccc(-c2c3ccccc3cc3ccccc23)cc1. The Morgan fingerprint density at radius 2 is 1.34 bits per heavy atom. The Bertz CT molecular complexity index is 1020. The first-order valence-electron chi connectivity index (χ1n) is 10.9. The van der Waals surface area contributed by atoms with Crippen molar-refractivity contribution in [3.05, 3.63) is 84.4 Å². The predicted molar refractivity (Wildman–Crippen MR) is 125 cm³/mol. The lowest BCUT2D eigenvalue weighted by Crippen LogP contribution is -2.10. The summed E-state index contributed by atoms with van der Waals surface area (Å²) < 4.78 is 0. The molecule has 4 rings (SSSR count). The molecule has 0 spiro atoms. The molecule has 1 nitrogen and oxygen atoms in total. The number of unbranched alkanes of at least 4 members (excludes halogenated alkanes) is 3. The molecule has 0 radical (unpaired) electrons. The van der Waals surface area contributed by atoms with E-state index in [4.69, 9.17) is 0 Å². The molecular formula is C28H30O. The Morgan fingerprint density at radius 1 is 0.724 bits per heavy atom. The molecule has 0 saturated heterocycles. The minimum atomic E-state index is -0.240. The highest BCUT2D eigenvalue weighted by Gasteiger charge is 2.11. The van der Waals surface area contributed by atoms with Crippen molar-refractivity contribution in [2.45, 2.75) is 51.6 Å². The molecule has 0 saturated carbocycles. The van der Waals surface area contributed by atoms with E-state index < -0.39 is 0 Å². The zero-order chi connectivity index (χ0) is 20.1. The van der Waals surface area contributed by atoms with Crippen molar-refractivity contribution in [2.75, 3.05) is 0 Å². The Balaban J connectivity index is 1.61. The highest BCUT2D eigenvalue weighted by Crippen LogP contribution is 2.36. The summed E-state index contributed by atoms with van der Waals surface area (Å²) in [5, 5.41) is 15.5. The number of aliphatic hydroxyl groups is 1. The normalized spacial score (nSPS) is 12.5. The molecule has 0 aromatic heterocycles. The van der Waals surface area contributed by atoms with E-state index in [1.807, 2.05) is 0 Å². The number of fused-ring (bicyclic) bond motifs is 2. The first kappa shape index (κ1) is 19.7. The molecule has 1 N–H and O–H groups in total. The van der Waals surface area contributed by atoms with Gasteiger partial charge in [-0.3, -0.25) is 0 Å². The monoisotopic (exact) mass is 382 g/mol. The van der Waals surface area contributed by atoms with Crippen LogP contribution in [0.5, 0.6) is 0 Å². The lowest BCUT2D eigenvalue weighted by atomic mass is 9.91. The molecule has 4 aromatic carbocycles. The Morgan fingerprint density at radius 3 is 1.97 bits per heavy atom. The minimum Gasteiger partial charge on any atom is -0.393 e. The van der Waals surface area contributed by atoms with Crippen LogP contribution in [0.2, 0.25) is 0 Å². The molecule has 0 aliphatic rings. The van der Waals surface area contributed by atoms with Crippen LogP contribution in [0, 0.1) is 0 Å². The molecule has 1 unspecified atom stereocenters. The van der Waals surface area contributed by atoms with Gasteiger partial charge in [0.25, 0.3) is 0 Å². The van der Waals surface area contributed by atoms with Crippen LogP contribution in [0.25, 0.3) is 32.7 Å². The first-order chi connectivity index (χ1) is 14.3. The van der Waals surface area contributed by atoms with Crippen LogP contribution < -0.4 is 0 Å². The van der Waals surface area contributed by atoms with Gasteiger partial charge in [0.05, 0.1) is 6.10 Å². The molecule has 0 amide bonds. The molecule has 0 heterocycles. The maximum Gasteiger partial charge on any atom is 0.0580 e. The maximum atomic E-state index is 10.4. The van der Waals surface area contributed by atoms with Gasteiger partial charge in [-0.25, -0.2) is 0 Å². The van der Waals surface area contributed by atoms with Gasteiger partial charge in [-0.1, -0.05) is 105 Å². The van der Waals surface area contributed by atoms with Gasteiger partial charge in [0.2, 0.25) is 0 Å². The molecule has 0 bridgehead atoms. The number of rotatable bonds is 8. The smallest absolute Gasteiger partial charge is 0.0580 e. The molecule has 1 atom stereocenters. The average Bonchev–Trinajstić information content (AvgIpc) is 2.76. The van der Waals surface area contributed by atoms with Crippen LogP contribution in [0.15, 0.2) is 78.9 Å². The van der Waals surface area contributed by atoms with E-state index in [1.165, 1.54) is 57.5 Å². The van der Waals surface area contributed by atoms with E-state index in [0.717, 1.165) is 19.3 Å². The van der Waals surface area contributed by atoms with Gasteiger partial charge in [-0.05, 0) is 57.1 Å². The van der Waals surface area contributed by atoms with E-state index in [-0.39, 0.29) is 6.10 Å². The maximum absolute atomic E-state index is 10.4. The summed E-state index contributed by atoms with van der Waals surface area (Å²) in [5.41, 5.74) is 3.74. The van der Waals surface area contributed by atoms with Crippen molar-refractivity contribution in [1.82, 2.24) is 0 Å². The van der Waals surface area contributed by atoms with E-state index >= 15 is 0 Å². The summed E-state index contributed by atoms with van der Waals surface area (Å²) in [6, 6.07) is 28.3.